The summed E-state index contributed by atoms with van der Waals surface area (Å²) in [6.45, 7) is 0.166. The van der Waals surface area contributed by atoms with Gasteiger partial charge in [0.1, 0.15) is 0 Å². The summed E-state index contributed by atoms with van der Waals surface area (Å²) in [7, 11) is 2.15. The van der Waals surface area contributed by atoms with Crippen LogP contribution in [0.5, 0.6) is 23.0 Å². The molecule has 4 rings (SSSR count). The fourth-order valence-electron chi connectivity index (χ4n) is 3.74. The van der Waals surface area contributed by atoms with Crippen molar-refractivity contribution in [2.24, 2.45) is 0 Å². The molecule has 3 aromatic carbocycles. The van der Waals surface area contributed by atoms with Gasteiger partial charge in [0.25, 0.3) is 10.0 Å². The summed E-state index contributed by atoms with van der Waals surface area (Å²) >= 11 is 0. The molecule has 1 aliphatic heterocycles. The van der Waals surface area contributed by atoms with Gasteiger partial charge in [0.05, 0.1) is 45.6 Å². The van der Waals surface area contributed by atoms with E-state index in [2.05, 4.69) is 0 Å². The fraction of sp³-hybridized carbons (Fsp3) is 0.217. The maximum absolute atomic E-state index is 13.8. The minimum atomic E-state index is -3.90. The second-order valence-electron chi connectivity index (χ2n) is 6.92. The van der Waals surface area contributed by atoms with Crippen LogP contribution in [0.2, 0.25) is 0 Å². The third-order valence-electron chi connectivity index (χ3n) is 5.28. The molecule has 1 aliphatic rings. The highest BCUT2D eigenvalue weighted by atomic mass is 32.2. The van der Waals surface area contributed by atoms with Gasteiger partial charge in [0.2, 0.25) is 0 Å². The van der Waals surface area contributed by atoms with Crippen LogP contribution < -0.4 is 23.3 Å². The van der Waals surface area contributed by atoms with Crippen molar-refractivity contribution < 1.29 is 27.4 Å². The lowest BCUT2D eigenvalue weighted by molar-refractivity contribution is 0.353. The van der Waals surface area contributed by atoms with E-state index in [0.717, 1.165) is 5.56 Å². The molecule has 3 aromatic rings. The Morgan fingerprint density at radius 1 is 0.710 bits per heavy atom. The molecule has 0 atom stereocenters. The Morgan fingerprint density at radius 3 is 1.81 bits per heavy atom. The van der Waals surface area contributed by atoms with Gasteiger partial charge in [-0.2, -0.15) is 0 Å². The van der Waals surface area contributed by atoms with Crippen molar-refractivity contribution in [1.82, 2.24) is 0 Å². The quantitative estimate of drug-likeness (QED) is 0.574. The zero-order chi connectivity index (χ0) is 22.2. The lowest BCUT2D eigenvalue weighted by Gasteiger charge is -2.33. The van der Waals surface area contributed by atoms with E-state index in [9.17, 15) is 8.42 Å². The van der Waals surface area contributed by atoms with Crippen LogP contribution in [0.4, 0.5) is 5.69 Å². The predicted octanol–water partition coefficient (Wildman–Crippen LogP) is 4.10. The van der Waals surface area contributed by atoms with Gasteiger partial charge in [-0.25, -0.2) is 8.42 Å². The van der Waals surface area contributed by atoms with E-state index in [1.807, 2.05) is 30.3 Å². The van der Waals surface area contributed by atoms with Gasteiger partial charge in [-0.1, -0.05) is 30.3 Å². The van der Waals surface area contributed by atoms with Crippen LogP contribution in [0.15, 0.2) is 59.5 Å². The first kappa shape index (κ1) is 20.9. The van der Waals surface area contributed by atoms with Crippen molar-refractivity contribution in [2.45, 2.75) is 11.4 Å². The van der Waals surface area contributed by atoms with Crippen molar-refractivity contribution in [1.29, 1.82) is 0 Å². The molecule has 0 N–H and O–H groups in total. The maximum atomic E-state index is 13.8. The van der Waals surface area contributed by atoms with Crippen LogP contribution in [0, 0.1) is 0 Å². The minimum Gasteiger partial charge on any atom is -0.493 e. The lowest BCUT2D eigenvalue weighted by Crippen LogP contribution is -2.34. The molecule has 8 heteroatoms. The number of sulfonamides is 1. The van der Waals surface area contributed by atoms with Crippen LogP contribution in [-0.2, 0) is 16.6 Å². The number of hydrogen-bond donors (Lipinski definition) is 0. The summed E-state index contributed by atoms with van der Waals surface area (Å²) in [5.41, 5.74) is 2.56. The molecule has 0 radical (unpaired) electrons. The zero-order valence-corrected chi connectivity index (χ0v) is 18.5. The van der Waals surface area contributed by atoms with Crippen molar-refractivity contribution in [2.75, 3.05) is 32.7 Å². The summed E-state index contributed by atoms with van der Waals surface area (Å²) < 4.78 is 50.6. The SMILES string of the molecule is COc1cc2c(cc1OC)N(Cc1ccccc1)S(=O)(=O)c1cc(OC)c(OC)cc1-2. The molecule has 162 valence electrons. The summed E-state index contributed by atoms with van der Waals surface area (Å²) in [5.74, 6) is 1.72. The van der Waals surface area contributed by atoms with Crippen molar-refractivity contribution >= 4 is 15.7 Å². The molecule has 1 heterocycles. The maximum Gasteiger partial charge on any atom is 0.265 e. The van der Waals surface area contributed by atoms with Gasteiger partial charge >= 0.3 is 0 Å². The highest BCUT2D eigenvalue weighted by Crippen LogP contribution is 2.50. The highest BCUT2D eigenvalue weighted by Gasteiger charge is 2.37. The number of ether oxygens (including phenoxy) is 4. The Hall–Kier alpha value is -3.39. The van der Waals surface area contributed by atoms with Crippen molar-refractivity contribution in [3.63, 3.8) is 0 Å². The Bertz CT molecular complexity index is 1220. The molecular weight excluding hydrogens is 418 g/mol. The molecule has 0 amide bonds. The Balaban J connectivity index is 2.03. The smallest absolute Gasteiger partial charge is 0.265 e. The molecule has 0 aromatic heterocycles. The monoisotopic (exact) mass is 441 g/mol. The van der Waals surface area contributed by atoms with Gasteiger partial charge in [0, 0.05) is 23.3 Å². The molecule has 0 aliphatic carbocycles. The molecule has 0 bridgehead atoms. The number of hydrogen-bond acceptors (Lipinski definition) is 6. The van der Waals surface area contributed by atoms with Crippen LogP contribution in [0.3, 0.4) is 0 Å². The van der Waals surface area contributed by atoms with E-state index in [1.54, 1.807) is 25.3 Å². The molecule has 0 unspecified atom stereocenters. The van der Waals surface area contributed by atoms with Crippen LogP contribution >= 0.6 is 0 Å². The zero-order valence-electron chi connectivity index (χ0n) is 17.7. The van der Waals surface area contributed by atoms with E-state index in [-0.39, 0.29) is 11.4 Å². The third kappa shape index (κ3) is 3.42. The second kappa shape index (κ2) is 8.03. The average molecular weight is 442 g/mol. The molecule has 7 nitrogen and oxygen atoms in total. The van der Waals surface area contributed by atoms with E-state index in [1.165, 1.54) is 31.7 Å². The fourth-order valence-corrected chi connectivity index (χ4v) is 5.41. The Morgan fingerprint density at radius 2 is 1.23 bits per heavy atom. The summed E-state index contributed by atoms with van der Waals surface area (Å²) in [4.78, 5) is 0.140. The first-order valence-corrected chi connectivity index (χ1v) is 11.0. The van der Waals surface area contributed by atoms with Gasteiger partial charge in [0.15, 0.2) is 23.0 Å². The number of rotatable bonds is 6. The van der Waals surface area contributed by atoms with Crippen molar-refractivity contribution in [3.05, 3.63) is 60.2 Å². The van der Waals surface area contributed by atoms with E-state index >= 15 is 0 Å². The molecule has 0 saturated heterocycles. The number of benzene rings is 3. The topological polar surface area (TPSA) is 74.3 Å². The number of anilines is 1. The van der Waals surface area contributed by atoms with Gasteiger partial charge in [-0.05, 0) is 17.7 Å². The molecule has 0 fully saturated rings. The van der Waals surface area contributed by atoms with E-state index in [0.29, 0.717) is 39.8 Å². The number of fused-ring (bicyclic) bond motifs is 3. The lowest BCUT2D eigenvalue weighted by atomic mass is 10.0. The van der Waals surface area contributed by atoms with Crippen LogP contribution in [-0.4, -0.2) is 36.9 Å². The highest BCUT2D eigenvalue weighted by molar-refractivity contribution is 7.93. The van der Waals surface area contributed by atoms with Gasteiger partial charge in [-0.15, -0.1) is 0 Å². The van der Waals surface area contributed by atoms with Crippen LogP contribution in [0.25, 0.3) is 11.1 Å². The van der Waals surface area contributed by atoms with E-state index in [4.69, 9.17) is 18.9 Å². The molecule has 31 heavy (non-hydrogen) atoms. The third-order valence-corrected chi connectivity index (χ3v) is 7.08. The first-order valence-electron chi connectivity index (χ1n) is 9.53. The van der Waals surface area contributed by atoms with Crippen molar-refractivity contribution in [3.8, 4) is 34.1 Å². The Labute approximate surface area is 181 Å². The van der Waals surface area contributed by atoms with Crippen LogP contribution in [0.1, 0.15) is 5.56 Å². The first-order chi connectivity index (χ1) is 14.9. The average Bonchev–Trinajstić information content (AvgIpc) is 2.80. The summed E-state index contributed by atoms with van der Waals surface area (Å²) in [5, 5.41) is 0. The van der Waals surface area contributed by atoms with Gasteiger partial charge < -0.3 is 18.9 Å². The number of nitrogens with zero attached hydrogens (tertiary/aromatic N) is 1. The standard InChI is InChI=1S/C23H23NO6S/c1-27-19-10-16-17-11-20(28-2)22(30-4)13-23(17)31(25,26)24(18(16)12-21(19)29-3)14-15-8-6-5-7-9-15/h5-13H,14H2,1-4H3. The predicted molar refractivity (Wildman–Crippen MR) is 118 cm³/mol. The molecule has 0 saturated carbocycles. The molecular formula is C23H23NO6S. The number of methoxy groups -OCH3 is 4. The summed E-state index contributed by atoms with van der Waals surface area (Å²) in [6, 6.07) is 16.1. The Kier molecular flexibility index (Phi) is 5.41. The van der Waals surface area contributed by atoms with Gasteiger partial charge in [-0.3, -0.25) is 4.31 Å². The minimum absolute atomic E-state index is 0.140. The van der Waals surface area contributed by atoms with E-state index < -0.39 is 10.0 Å². The largest absolute Gasteiger partial charge is 0.493 e. The molecule has 0 spiro atoms. The second-order valence-corrected chi connectivity index (χ2v) is 8.76. The normalized spacial score (nSPS) is 13.7. The summed E-state index contributed by atoms with van der Waals surface area (Å²) in [6.07, 6.45) is 0.